The van der Waals surface area contributed by atoms with E-state index in [0.717, 1.165) is 38.2 Å². The van der Waals surface area contributed by atoms with Crippen LogP contribution in [0.25, 0.3) is 0 Å². The van der Waals surface area contributed by atoms with Crippen LogP contribution in [0.4, 0.5) is 0 Å². The van der Waals surface area contributed by atoms with Crippen molar-refractivity contribution >= 4 is 18.3 Å². The highest BCUT2D eigenvalue weighted by Crippen LogP contribution is 2.34. The van der Waals surface area contributed by atoms with Crippen LogP contribution in [-0.4, -0.2) is 43.6 Å². The number of nitrogens with one attached hydrogen (secondary N) is 1. The summed E-state index contributed by atoms with van der Waals surface area (Å²) in [6.45, 7) is 2.45. The van der Waals surface area contributed by atoms with Gasteiger partial charge in [-0.05, 0) is 30.4 Å². The molecule has 0 saturated carbocycles. The van der Waals surface area contributed by atoms with Gasteiger partial charge in [-0.3, -0.25) is 10.1 Å². The Labute approximate surface area is 137 Å². The Morgan fingerprint density at radius 3 is 2.64 bits per heavy atom. The molecule has 1 aromatic rings. The zero-order valence-electron chi connectivity index (χ0n) is 12.8. The number of hydrogen-bond donors (Lipinski definition) is 1. The minimum Gasteiger partial charge on any atom is -0.496 e. The topological polar surface area (TPSA) is 41.6 Å². The molecule has 1 saturated heterocycles. The van der Waals surface area contributed by atoms with Crippen LogP contribution >= 0.6 is 12.4 Å². The van der Waals surface area contributed by atoms with Gasteiger partial charge in [-0.1, -0.05) is 30.4 Å². The molecule has 5 heteroatoms. The van der Waals surface area contributed by atoms with Gasteiger partial charge < -0.3 is 9.64 Å². The van der Waals surface area contributed by atoms with E-state index in [9.17, 15) is 4.79 Å². The lowest BCUT2D eigenvalue weighted by atomic mass is 9.88. The Morgan fingerprint density at radius 2 is 2.00 bits per heavy atom. The largest absolute Gasteiger partial charge is 0.496 e. The Kier molecular flexibility index (Phi) is 5.86. The number of halogens is 1. The molecular weight excluding hydrogens is 300 g/mol. The number of likely N-dealkylation sites (tertiary alicyclic amines) is 1. The Bertz CT molecular complexity index is 539. The van der Waals surface area contributed by atoms with Crippen LogP contribution in [0.2, 0.25) is 0 Å². The first-order chi connectivity index (χ1) is 10.3. The molecule has 2 heterocycles. The van der Waals surface area contributed by atoms with Crippen molar-refractivity contribution in [1.82, 2.24) is 10.2 Å². The van der Waals surface area contributed by atoms with Crippen LogP contribution in [-0.2, 0) is 4.79 Å². The van der Waals surface area contributed by atoms with Crippen molar-refractivity contribution in [3.63, 3.8) is 0 Å². The average molecular weight is 323 g/mol. The Balaban J connectivity index is 0.00000176. The first-order valence-corrected chi connectivity index (χ1v) is 7.61. The summed E-state index contributed by atoms with van der Waals surface area (Å²) in [5.41, 5.74) is 1.27. The molecule has 1 amide bonds. The Morgan fingerprint density at radius 1 is 1.27 bits per heavy atom. The van der Waals surface area contributed by atoms with E-state index in [4.69, 9.17) is 4.74 Å². The van der Waals surface area contributed by atoms with Crippen molar-refractivity contribution in [2.75, 3.05) is 26.7 Å². The number of benzene rings is 1. The van der Waals surface area contributed by atoms with Gasteiger partial charge >= 0.3 is 0 Å². The van der Waals surface area contributed by atoms with Gasteiger partial charge in [0, 0.05) is 19.6 Å². The normalized spacial score (nSPS) is 21.5. The van der Waals surface area contributed by atoms with E-state index in [1.54, 1.807) is 7.11 Å². The van der Waals surface area contributed by atoms with Gasteiger partial charge in [0.25, 0.3) is 0 Å². The molecule has 1 unspecified atom stereocenters. The smallest absolute Gasteiger partial charge is 0.243 e. The van der Waals surface area contributed by atoms with Crippen LogP contribution in [0.3, 0.4) is 0 Å². The molecule has 1 aromatic carbocycles. The second-order valence-corrected chi connectivity index (χ2v) is 5.66. The van der Waals surface area contributed by atoms with Gasteiger partial charge in [0.2, 0.25) is 5.91 Å². The van der Waals surface area contributed by atoms with Gasteiger partial charge in [0.15, 0.2) is 0 Å². The minimum absolute atomic E-state index is 0. The first kappa shape index (κ1) is 16.8. The molecule has 3 rings (SSSR count). The number of rotatable bonds is 3. The van der Waals surface area contributed by atoms with Gasteiger partial charge in [-0.25, -0.2) is 0 Å². The van der Waals surface area contributed by atoms with E-state index in [-0.39, 0.29) is 24.4 Å². The van der Waals surface area contributed by atoms with Crippen molar-refractivity contribution in [3.8, 4) is 5.75 Å². The van der Waals surface area contributed by atoms with Crippen LogP contribution in [0.15, 0.2) is 36.4 Å². The van der Waals surface area contributed by atoms with E-state index in [1.165, 1.54) is 5.56 Å². The average Bonchev–Trinajstić information content (AvgIpc) is 3.09. The fourth-order valence-electron chi connectivity index (χ4n) is 3.25. The highest BCUT2D eigenvalue weighted by atomic mass is 35.5. The summed E-state index contributed by atoms with van der Waals surface area (Å²) in [6.07, 6.45) is 5.99. The number of amides is 1. The fourth-order valence-corrected chi connectivity index (χ4v) is 3.25. The molecule has 0 aliphatic carbocycles. The van der Waals surface area contributed by atoms with Gasteiger partial charge in [-0.15, -0.1) is 12.4 Å². The van der Waals surface area contributed by atoms with E-state index >= 15 is 0 Å². The van der Waals surface area contributed by atoms with Crippen molar-refractivity contribution in [1.29, 1.82) is 0 Å². The van der Waals surface area contributed by atoms with Crippen molar-refractivity contribution in [2.24, 2.45) is 0 Å². The molecule has 22 heavy (non-hydrogen) atoms. The molecular formula is C17H23ClN2O2. The lowest BCUT2D eigenvalue weighted by molar-refractivity contribution is -0.133. The van der Waals surface area contributed by atoms with E-state index in [0.29, 0.717) is 5.92 Å². The highest BCUT2D eigenvalue weighted by molar-refractivity contribution is 5.85. The number of para-hydroxylation sites is 1. The molecule has 2 aliphatic heterocycles. The maximum absolute atomic E-state index is 12.4. The molecule has 0 radical (unpaired) electrons. The summed E-state index contributed by atoms with van der Waals surface area (Å²) < 4.78 is 5.45. The zero-order chi connectivity index (χ0) is 14.7. The summed E-state index contributed by atoms with van der Waals surface area (Å²) in [6, 6.07) is 8.09. The van der Waals surface area contributed by atoms with Crippen molar-refractivity contribution in [2.45, 2.75) is 24.8 Å². The molecule has 1 atom stereocenters. The third-order valence-corrected chi connectivity index (χ3v) is 4.44. The fraction of sp³-hybridized carbons (Fsp3) is 0.471. The molecule has 0 spiro atoms. The quantitative estimate of drug-likeness (QED) is 0.869. The first-order valence-electron chi connectivity index (χ1n) is 7.61. The third kappa shape index (κ3) is 3.45. The molecule has 1 fully saturated rings. The lowest BCUT2D eigenvalue weighted by Crippen LogP contribution is -2.46. The Hall–Kier alpha value is -1.52. The number of carbonyl (C=O) groups excluding carboxylic acids is 1. The molecule has 1 N–H and O–H groups in total. The number of piperidine rings is 1. The summed E-state index contributed by atoms with van der Waals surface area (Å²) in [5.74, 6) is 1.65. The van der Waals surface area contributed by atoms with Crippen LogP contribution in [0, 0.1) is 0 Å². The summed E-state index contributed by atoms with van der Waals surface area (Å²) >= 11 is 0. The van der Waals surface area contributed by atoms with Crippen molar-refractivity contribution in [3.05, 3.63) is 42.0 Å². The SMILES string of the molecule is COc1ccccc1C1CCN(C(=O)C2C=CCN2)CC1.Cl. The minimum atomic E-state index is -0.118. The number of methoxy groups -OCH3 is 1. The predicted octanol–water partition coefficient (Wildman–Crippen LogP) is 2.35. The van der Waals surface area contributed by atoms with Gasteiger partial charge in [-0.2, -0.15) is 0 Å². The summed E-state index contributed by atoms with van der Waals surface area (Å²) in [5, 5.41) is 3.19. The number of hydrogen-bond acceptors (Lipinski definition) is 3. The maximum Gasteiger partial charge on any atom is 0.243 e. The van der Waals surface area contributed by atoms with E-state index in [2.05, 4.69) is 17.4 Å². The molecule has 0 aromatic heterocycles. The second kappa shape index (κ2) is 7.65. The lowest BCUT2D eigenvalue weighted by Gasteiger charge is -2.34. The summed E-state index contributed by atoms with van der Waals surface area (Å²) in [4.78, 5) is 14.3. The van der Waals surface area contributed by atoms with E-state index in [1.807, 2.05) is 29.2 Å². The van der Waals surface area contributed by atoms with Crippen molar-refractivity contribution < 1.29 is 9.53 Å². The predicted molar refractivity (Wildman–Crippen MR) is 89.7 cm³/mol. The number of ether oxygens (including phenoxy) is 1. The zero-order valence-corrected chi connectivity index (χ0v) is 13.6. The standard InChI is InChI=1S/C17H22N2O2.ClH/c1-21-16-7-3-2-5-14(16)13-8-11-19(12-9-13)17(20)15-6-4-10-18-15;/h2-7,13,15,18H,8-12H2,1H3;1H. The van der Waals surface area contributed by atoms with Crippen LogP contribution < -0.4 is 10.1 Å². The van der Waals surface area contributed by atoms with Gasteiger partial charge in [0.05, 0.1) is 7.11 Å². The van der Waals surface area contributed by atoms with E-state index < -0.39 is 0 Å². The summed E-state index contributed by atoms with van der Waals surface area (Å²) in [7, 11) is 1.72. The van der Waals surface area contributed by atoms with Gasteiger partial charge in [0.1, 0.15) is 11.8 Å². The van der Waals surface area contributed by atoms with Crippen LogP contribution in [0.5, 0.6) is 5.75 Å². The molecule has 2 aliphatic rings. The number of carbonyl (C=O) groups is 1. The maximum atomic E-state index is 12.4. The third-order valence-electron chi connectivity index (χ3n) is 4.44. The highest BCUT2D eigenvalue weighted by Gasteiger charge is 2.29. The molecule has 0 bridgehead atoms. The molecule has 4 nitrogen and oxygen atoms in total. The number of nitrogens with zero attached hydrogens (tertiary/aromatic N) is 1. The van der Waals surface area contributed by atoms with Crippen LogP contribution in [0.1, 0.15) is 24.3 Å². The second-order valence-electron chi connectivity index (χ2n) is 5.66. The monoisotopic (exact) mass is 322 g/mol. The molecule has 120 valence electrons.